The highest BCUT2D eigenvalue weighted by molar-refractivity contribution is 4.96. The van der Waals surface area contributed by atoms with Crippen LogP contribution < -0.4 is 10.9 Å². The van der Waals surface area contributed by atoms with E-state index >= 15 is 0 Å². The van der Waals surface area contributed by atoms with Crippen molar-refractivity contribution in [2.24, 2.45) is 0 Å². The fourth-order valence-corrected chi connectivity index (χ4v) is 1.18. The number of aryl methyl sites for hydroxylation is 1. The molecule has 0 amide bonds. The number of hydrogen-bond acceptors (Lipinski definition) is 4. The molecule has 14 heavy (non-hydrogen) atoms. The van der Waals surface area contributed by atoms with Crippen molar-refractivity contribution in [3.63, 3.8) is 0 Å². The molecule has 78 valence electrons. The predicted octanol–water partition coefficient (Wildman–Crippen LogP) is -0.868. The lowest BCUT2D eigenvalue weighted by Crippen LogP contribution is -2.32. The average molecular weight is 197 g/mol. The third kappa shape index (κ3) is 2.93. The number of likely N-dealkylation sites (N-methyl/N-ethyl adjacent to an activating group) is 1. The van der Waals surface area contributed by atoms with Crippen molar-refractivity contribution in [1.29, 1.82) is 0 Å². The molecule has 0 spiro atoms. The summed E-state index contributed by atoms with van der Waals surface area (Å²) in [4.78, 5) is 15.4. The molecular formula is C9H15N3O2. The van der Waals surface area contributed by atoms with Gasteiger partial charge in [-0.3, -0.25) is 9.36 Å². The maximum absolute atomic E-state index is 11.4. The fourth-order valence-electron chi connectivity index (χ4n) is 1.18. The largest absolute Gasteiger partial charge is 0.390 e. The second kappa shape index (κ2) is 4.88. The summed E-state index contributed by atoms with van der Waals surface area (Å²) in [5, 5.41) is 12.3. The molecule has 5 nitrogen and oxygen atoms in total. The number of aliphatic hydroxyl groups excluding tert-OH is 1. The minimum atomic E-state index is -0.567. The van der Waals surface area contributed by atoms with Crippen LogP contribution in [0.2, 0.25) is 0 Å². The molecule has 1 heterocycles. The van der Waals surface area contributed by atoms with Gasteiger partial charge in [0, 0.05) is 18.3 Å². The second-order valence-corrected chi connectivity index (χ2v) is 3.23. The van der Waals surface area contributed by atoms with Crippen molar-refractivity contribution in [2.75, 3.05) is 13.6 Å². The van der Waals surface area contributed by atoms with Crippen molar-refractivity contribution >= 4 is 0 Å². The molecule has 1 aromatic rings. The van der Waals surface area contributed by atoms with Crippen LogP contribution in [0, 0.1) is 6.92 Å². The van der Waals surface area contributed by atoms with Gasteiger partial charge in [0.1, 0.15) is 0 Å². The van der Waals surface area contributed by atoms with Gasteiger partial charge in [-0.25, -0.2) is 4.98 Å². The van der Waals surface area contributed by atoms with Crippen LogP contribution in [0.25, 0.3) is 0 Å². The average Bonchev–Trinajstić information content (AvgIpc) is 2.10. The second-order valence-electron chi connectivity index (χ2n) is 3.23. The van der Waals surface area contributed by atoms with Crippen molar-refractivity contribution in [3.8, 4) is 0 Å². The smallest absolute Gasteiger partial charge is 0.253 e. The van der Waals surface area contributed by atoms with Crippen molar-refractivity contribution < 1.29 is 5.11 Å². The molecule has 1 unspecified atom stereocenters. The Morgan fingerprint density at radius 1 is 1.71 bits per heavy atom. The number of rotatable bonds is 4. The minimum absolute atomic E-state index is 0.132. The van der Waals surface area contributed by atoms with E-state index in [1.54, 1.807) is 14.0 Å². The van der Waals surface area contributed by atoms with Crippen LogP contribution in [0.5, 0.6) is 0 Å². The zero-order valence-corrected chi connectivity index (χ0v) is 8.40. The Kier molecular flexibility index (Phi) is 3.79. The van der Waals surface area contributed by atoms with E-state index in [4.69, 9.17) is 0 Å². The molecule has 0 bridgehead atoms. The lowest BCUT2D eigenvalue weighted by atomic mass is 10.3. The zero-order chi connectivity index (χ0) is 10.6. The van der Waals surface area contributed by atoms with Gasteiger partial charge in [-0.15, -0.1) is 0 Å². The molecule has 0 aromatic carbocycles. The summed E-state index contributed by atoms with van der Waals surface area (Å²) in [5.41, 5.74) is 0.557. The van der Waals surface area contributed by atoms with Gasteiger partial charge >= 0.3 is 0 Å². The monoisotopic (exact) mass is 197 g/mol. The summed E-state index contributed by atoms with van der Waals surface area (Å²) < 4.78 is 1.40. The molecule has 0 radical (unpaired) electrons. The Morgan fingerprint density at radius 2 is 2.43 bits per heavy atom. The van der Waals surface area contributed by atoms with E-state index < -0.39 is 6.10 Å². The summed E-state index contributed by atoms with van der Waals surface area (Å²) in [6.45, 7) is 2.49. The Labute approximate surface area is 82.4 Å². The van der Waals surface area contributed by atoms with E-state index in [0.717, 1.165) is 0 Å². The van der Waals surface area contributed by atoms with Gasteiger partial charge in [-0.05, 0) is 14.0 Å². The predicted molar refractivity (Wildman–Crippen MR) is 53.2 cm³/mol. The molecule has 1 rings (SSSR count). The first-order valence-corrected chi connectivity index (χ1v) is 4.49. The normalized spacial score (nSPS) is 12.8. The Balaban J connectivity index is 2.72. The van der Waals surface area contributed by atoms with Gasteiger partial charge in [0.15, 0.2) is 0 Å². The number of nitrogens with zero attached hydrogens (tertiary/aromatic N) is 2. The van der Waals surface area contributed by atoms with Crippen LogP contribution in [-0.2, 0) is 6.54 Å². The van der Waals surface area contributed by atoms with Crippen molar-refractivity contribution in [1.82, 2.24) is 14.9 Å². The molecule has 0 saturated heterocycles. The van der Waals surface area contributed by atoms with E-state index in [1.807, 2.05) is 0 Å². The molecule has 0 aliphatic carbocycles. The van der Waals surface area contributed by atoms with Crippen LogP contribution in [0.4, 0.5) is 0 Å². The van der Waals surface area contributed by atoms with Crippen molar-refractivity contribution in [3.05, 3.63) is 28.4 Å². The first-order valence-electron chi connectivity index (χ1n) is 4.49. The third-order valence-corrected chi connectivity index (χ3v) is 1.86. The zero-order valence-electron chi connectivity index (χ0n) is 8.40. The van der Waals surface area contributed by atoms with E-state index in [2.05, 4.69) is 10.3 Å². The molecule has 0 saturated carbocycles. The maximum atomic E-state index is 11.4. The van der Waals surface area contributed by atoms with Crippen molar-refractivity contribution in [2.45, 2.75) is 19.6 Å². The highest BCUT2D eigenvalue weighted by atomic mass is 16.3. The number of aliphatic hydroxyl groups is 1. The standard InChI is InChI=1S/C9H15N3O2/c1-7-3-9(14)12(6-11-7)5-8(13)4-10-2/h3,6,8,10,13H,4-5H2,1-2H3. The molecule has 0 aliphatic rings. The first-order chi connectivity index (χ1) is 6.63. The lowest BCUT2D eigenvalue weighted by molar-refractivity contribution is 0.152. The topological polar surface area (TPSA) is 67.2 Å². The van der Waals surface area contributed by atoms with Crippen LogP contribution in [0.15, 0.2) is 17.2 Å². The van der Waals surface area contributed by atoms with E-state index in [0.29, 0.717) is 12.2 Å². The summed E-state index contributed by atoms with van der Waals surface area (Å²) in [6, 6.07) is 1.45. The maximum Gasteiger partial charge on any atom is 0.253 e. The SMILES string of the molecule is CNCC(O)Cn1cnc(C)cc1=O. The van der Waals surface area contributed by atoms with Crippen LogP contribution >= 0.6 is 0 Å². The number of aromatic nitrogens is 2. The molecule has 0 fully saturated rings. The van der Waals surface area contributed by atoms with E-state index in [1.165, 1.54) is 17.0 Å². The molecule has 5 heteroatoms. The molecular weight excluding hydrogens is 182 g/mol. The molecule has 2 N–H and O–H groups in total. The number of hydrogen-bond donors (Lipinski definition) is 2. The van der Waals surface area contributed by atoms with Gasteiger partial charge < -0.3 is 10.4 Å². The Hall–Kier alpha value is -1.20. The highest BCUT2D eigenvalue weighted by Gasteiger charge is 2.04. The highest BCUT2D eigenvalue weighted by Crippen LogP contribution is 1.88. The van der Waals surface area contributed by atoms with Gasteiger partial charge in [0.25, 0.3) is 5.56 Å². The van der Waals surface area contributed by atoms with Gasteiger partial charge in [-0.2, -0.15) is 0 Å². The number of nitrogens with one attached hydrogen (secondary N) is 1. The summed E-state index contributed by atoms with van der Waals surface area (Å²) >= 11 is 0. The summed E-state index contributed by atoms with van der Waals surface area (Å²) in [5.74, 6) is 0. The first kappa shape index (κ1) is 10.9. The molecule has 1 aromatic heterocycles. The summed E-state index contributed by atoms with van der Waals surface area (Å²) in [7, 11) is 1.75. The van der Waals surface area contributed by atoms with Crippen LogP contribution in [-0.4, -0.2) is 34.4 Å². The quantitative estimate of drug-likeness (QED) is 0.658. The van der Waals surface area contributed by atoms with Crippen LogP contribution in [0.1, 0.15) is 5.69 Å². The Morgan fingerprint density at radius 3 is 3.00 bits per heavy atom. The molecule has 0 aliphatic heterocycles. The van der Waals surface area contributed by atoms with E-state index in [-0.39, 0.29) is 12.1 Å². The van der Waals surface area contributed by atoms with Gasteiger partial charge in [0.05, 0.1) is 19.0 Å². The fraction of sp³-hybridized carbons (Fsp3) is 0.556. The third-order valence-electron chi connectivity index (χ3n) is 1.86. The Bertz CT molecular complexity index is 348. The lowest BCUT2D eigenvalue weighted by Gasteiger charge is -2.11. The van der Waals surface area contributed by atoms with Gasteiger partial charge in [-0.1, -0.05) is 0 Å². The van der Waals surface area contributed by atoms with Crippen LogP contribution in [0.3, 0.4) is 0 Å². The van der Waals surface area contributed by atoms with E-state index in [9.17, 15) is 9.90 Å². The van der Waals surface area contributed by atoms with Gasteiger partial charge in [0.2, 0.25) is 0 Å². The molecule has 1 atom stereocenters. The summed E-state index contributed by atoms with van der Waals surface area (Å²) in [6.07, 6.45) is 0.888. The minimum Gasteiger partial charge on any atom is -0.390 e.